The maximum absolute atomic E-state index is 14.9. The highest BCUT2D eigenvalue weighted by Gasteiger charge is 2.57. The van der Waals surface area contributed by atoms with Gasteiger partial charge in [0.25, 0.3) is 0 Å². The Bertz CT molecular complexity index is 1510. The molecule has 6 heteroatoms. The normalized spacial score (nSPS) is 25.5. The minimum Gasteiger partial charge on any atom is -0.482 e. The SMILES string of the molecule is CC1(OC(=O)COc2ccc(Oc3cc(F)cc([S+](c4ccccc4)c4ccccc4)c3)cc2)C2CC3CC(C2)CC1C3. The van der Waals surface area contributed by atoms with Crippen LogP contribution in [0.15, 0.2) is 118 Å². The molecule has 8 rings (SSSR count). The minimum atomic E-state index is -0.495. The molecule has 4 bridgehead atoms. The summed E-state index contributed by atoms with van der Waals surface area (Å²) < 4.78 is 32.9. The van der Waals surface area contributed by atoms with Crippen molar-refractivity contribution >= 4 is 16.9 Å². The van der Waals surface area contributed by atoms with Crippen molar-refractivity contribution in [1.29, 1.82) is 0 Å². The lowest BCUT2D eigenvalue weighted by Gasteiger charge is -2.59. The second-order valence-electron chi connectivity index (χ2n) is 12.4. The van der Waals surface area contributed by atoms with Crippen LogP contribution in [0.1, 0.15) is 39.0 Å². The van der Waals surface area contributed by atoms with Crippen molar-refractivity contribution in [3.05, 3.63) is 109 Å². The molecular formula is C37H36FO4S+. The van der Waals surface area contributed by atoms with E-state index in [-0.39, 0.29) is 24.0 Å². The van der Waals surface area contributed by atoms with Crippen molar-refractivity contribution in [3.63, 3.8) is 0 Å². The lowest BCUT2D eigenvalue weighted by molar-refractivity contribution is -0.204. The van der Waals surface area contributed by atoms with Gasteiger partial charge in [0.15, 0.2) is 21.3 Å². The summed E-state index contributed by atoms with van der Waals surface area (Å²) in [5.74, 6) is 3.44. The van der Waals surface area contributed by atoms with E-state index < -0.39 is 10.9 Å². The number of halogens is 1. The topological polar surface area (TPSA) is 44.8 Å². The summed E-state index contributed by atoms with van der Waals surface area (Å²) in [5.41, 5.74) is -0.365. The van der Waals surface area contributed by atoms with Gasteiger partial charge >= 0.3 is 5.97 Å². The van der Waals surface area contributed by atoms with Crippen molar-refractivity contribution in [2.75, 3.05) is 6.61 Å². The largest absolute Gasteiger partial charge is 0.482 e. The third-order valence-electron chi connectivity index (χ3n) is 9.55. The van der Waals surface area contributed by atoms with Crippen LogP contribution in [0.3, 0.4) is 0 Å². The molecule has 0 amide bonds. The number of ether oxygens (including phenoxy) is 3. The summed E-state index contributed by atoms with van der Waals surface area (Å²) in [5, 5.41) is 0. The van der Waals surface area contributed by atoms with Crippen LogP contribution in [0.5, 0.6) is 17.2 Å². The standard InChI is InChI=1S/C37H36FO4S/c1-37(27-17-25-16-26(19-27)20-28(37)18-25)42-36(39)24-40-30-12-14-31(15-13-30)41-32-21-29(38)22-35(23-32)43(33-8-4-2-5-9-33)34-10-6-3-7-11-34/h2-15,21-23,25-28H,16-20,24H2,1H3/q+1. The predicted molar refractivity (Wildman–Crippen MR) is 165 cm³/mol. The van der Waals surface area contributed by atoms with Crippen molar-refractivity contribution in [1.82, 2.24) is 0 Å². The highest BCUT2D eigenvalue weighted by molar-refractivity contribution is 7.97. The fourth-order valence-corrected chi connectivity index (χ4v) is 9.82. The Morgan fingerprint density at radius 2 is 1.28 bits per heavy atom. The summed E-state index contributed by atoms with van der Waals surface area (Å²) in [7, 11) is -0.495. The van der Waals surface area contributed by atoms with Crippen molar-refractivity contribution in [2.45, 2.75) is 59.3 Å². The van der Waals surface area contributed by atoms with Crippen molar-refractivity contribution < 1.29 is 23.4 Å². The van der Waals surface area contributed by atoms with Crippen LogP contribution in [0.4, 0.5) is 4.39 Å². The molecule has 0 heterocycles. The molecule has 43 heavy (non-hydrogen) atoms. The Morgan fingerprint density at radius 3 is 1.86 bits per heavy atom. The third kappa shape index (κ3) is 5.90. The number of carbonyl (C=O) groups excluding carboxylic acids is 1. The van der Waals surface area contributed by atoms with E-state index >= 15 is 0 Å². The minimum absolute atomic E-state index is 0.128. The van der Waals surface area contributed by atoms with E-state index in [1.165, 1.54) is 38.2 Å². The molecule has 0 aromatic heterocycles. The van der Waals surface area contributed by atoms with Gasteiger partial charge in [0.2, 0.25) is 0 Å². The van der Waals surface area contributed by atoms with Gasteiger partial charge in [-0.2, -0.15) is 0 Å². The van der Waals surface area contributed by atoms with Gasteiger partial charge in [-0.05, 0) is 111 Å². The molecule has 0 aliphatic heterocycles. The summed E-state index contributed by atoms with van der Waals surface area (Å²) in [6, 6.07) is 32.2. The first-order valence-electron chi connectivity index (χ1n) is 15.2. The number of hydrogen-bond donors (Lipinski definition) is 0. The quantitative estimate of drug-likeness (QED) is 0.143. The molecule has 220 valence electrons. The Labute approximate surface area is 255 Å². The molecule has 0 unspecified atom stereocenters. The van der Waals surface area contributed by atoms with Crippen molar-refractivity contribution in [3.8, 4) is 17.2 Å². The van der Waals surface area contributed by atoms with Crippen LogP contribution in [0.25, 0.3) is 0 Å². The van der Waals surface area contributed by atoms with Crippen LogP contribution in [-0.4, -0.2) is 18.2 Å². The zero-order valence-electron chi connectivity index (χ0n) is 24.3. The molecular weight excluding hydrogens is 559 g/mol. The summed E-state index contributed by atoms with van der Waals surface area (Å²) in [6.45, 7) is 2.01. The van der Waals surface area contributed by atoms with E-state index in [0.29, 0.717) is 29.1 Å². The predicted octanol–water partition coefficient (Wildman–Crippen LogP) is 8.85. The van der Waals surface area contributed by atoms with Crippen LogP contribution in [0.2, 0.25) is 0 Å². The van der Waals surface area contributed by atoms with Gasteiger partial charge in [-0.15, -0.1) is 0 Å². The summed E-state index contributed by atoms with van der Waals surface area (Å²) in [4.78, 5) is 15.9. The Hall–Kier alpha value is -3.77. The van der Waals surface area contributed by atoms with Gasteiger partial charge in [0.1, 0.15) is 28.7 Å². The first-order valence-corrected chi connectivity index (χ1v) is 16.4. The molecule has 4 aliphatic rings. The van der Waals surface area contributed by atoms with Crippen LogP contribution in [-0.2, 0) is 20.4 Å². The maximum atomic E-state index is 14.9. The summed E-state index contributed by atoms with van der Waals surface area (Å²) in [6.07, 6.45) is 6.11. The van der Waals surface area contributed by atoms with E-state index in [1.54, 1.807) is 30.3 Å². The zero-order chi connectivity index (χ0) is 29.4. The molecule has 4 aromatic carbocycles. The molecule has 4 aliphatic carbocycles. The molecule has 4 aromatic rings. The monoisotopic (exact) mass is 595 g/mol. The molecule has 0 radical (unpaired) electrons. The second kappa shape index (κ2) is 11.7. The molecule has 0 atom stereocenters. The second-order valence-corrected chi connectivity index (χ2v) is 14.4. The van der Waals surface area contributed by atoms with Gasteiger partial charge in [-0.1, -0.05) is 36.4 Å². The van der Waals surface area contributed by atoms with Crippen LogP contribution >= 0.6 is 0 Å². The molecule has 4 fully saturated rings. The average Bonchev–Trinajstić information content (AvgIpc) is 3.00. The fourth-order valence-electron chi connectivity index (χ4n) is 7.68. The first kappa shape index (κ1) is 28.0. The fraction of sp³-hybridized carbons (Fsp3) is 0.324. The van der Waals surface area contributed by atoms with Gasteiger partial charge in [0.05, 0.1) is 10.9 Å². The molecule has 4 nitrogen and oxygen atoms in total. The Balaban J connectivity index is 1.01. The highest BCUT2D eigenvalue weighted by Crippen LogP contribution is 2.59. The third-order valence-corrected chi connectivity index (χ3v) is 11.7. The van der Waals surface area contributed by atoms with Crippen LogP contribution in [0, 0.1) is 29.5 Å². The lowest BCUT2D eigenvalue weighted by atomic mass is 9.50. The lowest BCUT2D eigenvalue weighted by Crippen LogP contribution is -2.58. The van der Waals surface area contributed by atoms with Gasteiger partial charge in [-0.25, -0.2) is 9.18 Å². The number of hydrogen-bond acceptors (Lipinski definition) is 4. The first-order chi connectivity index (χ1) is 20.9. The molecule has 0 N–H and O–H groups in total. The zero-order valence-corrected chi connectivity index (χ0v) is 25.1. The number of carbonyl (C=O) groups is 1. The Kier molecular flexibility index (Phi) is 7.64. The molecule has 0 spiro atoms. The van der Waals surface area contributed by atoms with E-state index in [9.17, 15) is 9.18 Å². The maximum Gasteiger partial charge on any atom is 0.344 e. The number of benzene rings is 4. The summed E-state index contributed by atoms with van der Waals surface area (Å²) >= 11 is 0. The van der Waals surface area contributed by atoms with E-state index in [0.717, 1.165) is 26.5 Å². The van der Waals surface area contributed by atoms with Crippen LogP contribution < -0.4 is 9.47 Å². The van der Waals surface area contributed by atoms with Gasteiger partial charge < -0.3 is 14.2 Å². The molecule has 0 saturated heterocycles. The Morgan fingerprint density at radius 1 is 0.721 bits per heavy atom. The molecule has 4 saturated carbocycles. The van der Waals surface area contributed by atoms with Crippen molar-refractivity contribution in [2.24, 2.45) is 23.7 Å². The van der Waals surface area contributed by atoms with E-state index in [4.69, 9.17) is 14.2 Å². The average molecular weight is 596 g/mol. The number of esters is 1. The highest BCUT2D eigenvalue weighted by atomic mass is 32.2. The van der Waals surface area contributed by atoms with E-state index in [1.807, 2.05) is 42.5 Å². The van der Waals surface area contributed by atoms with Gasteiger partial charge in [0, 0.05) is 18.2 Å². The number of rotatable bonds is 9. The smallest absolute Gasteiger partial charge is 0.344 e. The van der Waals surface area contributed by atoms with Gasteiger partial charge in [-0.3, -0.25) is 0 Å². The van der Waals surface area contributed by atoms with E-state index in [2.05, 4.69) is 31.2 Å².